The Kier molecular flexibility index (Phi) is 3.71. The molecule has 0 bridgehead atoms. The molecule has 3 nitrogen and oxygen atoms in total. The second kappa shape index (κ2) is 5.66. The number of aryl methyl sites for hydroxylation is 1. The van der Waals surface area contributed by atoms with Crippen molar-refractivity contribution in [3.05, 3.63) is 65.0 Å². The van der Waals surface area contributed by atoms with Crippen LogP contribution in [0, 0.1) is 5.82 Å². The highest BCUT2D eigenvalue weighted by Gasteiger charge is 2.24. The van der Waals surface area contributed by atoms with Crippen molar-refractivity contribution in [1.82, 2.24) is 0 Å². The van der Waals surface area contributed by atoms with Crippen LogP contribution in [0.4, 0.5) is 10.1 Å². The van der Waals surface area contributed by atoms with Crippen molar-refractivity contribution >= 4 is 11.6 Å². The summed E-state index contributed by atoms with van der Waals surface area (Å²) in [4.78, 5) is 13.9. The minimum Gasteiger partial charge on any atom is -0.392 e. The third kappa shape index (κ3) is 2.81. The van der Waals surface area contributed by atoms with E-state index >= 15 is 0 Å². The predicted molar refractivity (Wildman–Crippen MR) is 78.3 cm³/mol. The van der Waals surface area contributed by atoms with Gasteiger partial charge in [0.15, 0.2) is 0 Å². The summed E-state index contributed by atoms with van der Waals surface area (Å²) in [5.74, 6) is -0.212. The zero-order valence-electron chi connectivity index (χ0n) is 11.6. The van der Waals surface area contributed by atoms with Gasteiger partial charge in [-0.2, -0.15) is 0 Å². The Bertz CT molecular complexity index is 667. The van der Waals surface area contributed by atoms with Crippen molar-refractivity contribution in [3.8, 4) is 0 Å². The molecule has 108 valence electrons. The summed E-state index contributed by atoms with van der Waals surface area (Å²) < 4.78 is 13.3. The molecule has 0 unspecified atom stereocenters. The van der Waals surface area contributed by atoms with Gasteiger partial charge in [0.1, 0.15) is 5.82 Å². The normalized spacial score (nSPS) is 14.2. The molecule has 4 heteroatoms. The van der Waals surface area contributed by atoms with Crippen LogP contribution in [0.25, 0.3) is 0 Å². The van der Waals surface area contributed by atoms with Crippen LogP contribution in [0.5, 0.6) is 0 Å². The number of hydrogen-bond acceptors (Lipinski definition) is 2. The molecule has 0 fully saturated rings. The van der Waals surface area contributed by atoms with Gasteiger partial charge < -0.3 is 10.0 Å². The van der Waals surface area contributed by atoms with E-state index in [-0.39, 0.29) is 18.3 Å². The highest BCUT2D eigenvalue weighted by atomic mass is 19.1. The van der Waals surface area contributed by atoms with Gasteiger partial charge in [-0.3, -0.25) is 4.79 Å². The Hall–Kier alpha value is -2.20. The number of rotatable bonds is 3. The molecule has 3 rings (SSSR count). The Morgan fingerprint density at radius 3 is 2.48 bits per heavy atom. The summed E-state index contributed by atoms with van der Waals surface area (Å²) in [6.45, 7) is 0.466. The molecule has 1 N–H and O–H groups in total. The lowest BCUT2D eigenvalue weighted by Crippen LogP contribution is -2.34. The third-order valence-corrected chi connectivity index (χ3v) is 3.79. The fourth-order valence-corrected chi connectivity index (χ4v) is 2.63. The average Bonchev–Trinajstić information content (AvgIpc) is 2.51. The molecule has 0 atom stereocenters. The molecular weight excluding hydrogens is 269 g/mol. The lowest BCUT2D eigenvalue weighted by molar-refractivity contribution is -0.119. The number of hydrogen-bond donors (Lipinski definition) is 1. The van der Waals surface area contributed by atoms with Gasteiger partial charge in [0.25, 0.3) is 0 Å². The standard InChI is InChI=1S/C17H16FNO2/c18-15-6-7-16-14(9-15)5-8-17(21)19(16)10-12-1-3-13(11-20)4-2-12/h1-4,6-7,9,20H,5,8,10-11H2. The van der Waals surface area contributed by atoms with Gasteiger partial charge in [-0.1, -0.05) is 24.3 Å². The number of anilines is 1. The first-order valence-corrected chi connectivity index (χ1v) is 6.95. The van der Waals surface area contributed by atoms with Crippen molar-refractivity contribution in [1.29, 1.82) is 0 Å². The smallest absolute Gasteiger partial charge is 0.227 e. The maximum atomic E-state index is 13.3. The minimum atomic E-state index is -0.268. The van der Waals surface area contributed by atoms with Crippen molar-refractivity contribution in [3.63, 3.8) is 0 Å². The molecule has 1 aliphatic rings. The van der Waals surface area contributed by atoms with Crippen LogP contribution >= 0.6 is 0 Å². The molecule has 1 amide bonds. The monoisotopic (exact) mass is 285 g/mol. The number of carbonyl (C=O) groups excluding carboxylic acids is 1. The quantitative estimate of drug-likeness (QED) is 0.942. The van der Waals surface area contributed by atoms with Gasteiger partial charge in [0.2, 0.25) is 5.91 Å². The highest BCUT2D eigenvalue weighted by molar-refractivity contribution is 5.96. The number of carbonyl (C=O) groups is 1. The lowest BCUT2D eigenvalue weighted by Gasteiger charge is -2.29. The van der Waals surface area contributed by atoms with Crippen molar-refractivity contribution < 1.29 is 14.3 Å². The van der Waals surface area contributed by atoms with Crippen LogP contribution in [0.3, 0.4) is 0 Å². The van der Waals surface area contributed by atoms with Gasteiger partial charge in [0.05, 0.1) is 13.2 Å². The Labute approximate surface area is 122 Å². The Morgan fingerprint density at radius 1 is 1.05 bits per heavy atom. The summed E-state index contributed by atoms with van der Waals surface area (Å²) in [5.41, 5.74) is 3.49. The third-order valence-electron chi connectivity index (χ3n) is 3.79. The molecule has 21 heavy (non-hydrogen) atoms. The zero-order chi connectivity index (χ0) is 14.8. The maximum Gasteiger partial charge on any atom is 0.227 e. The second-order valence-electron chi connectivity index (χ2n) is 5.23. The topological polar surface area (TPSA) is 40.5 Å². The minimum absolute atomic E-state index is 0.00500. The molecule has 0 saturated heterocycles. The van der Waals surface area contributed by atoms with E-state index in [4.69, 9.17) is 5.11 Å². The molecule has 0 radical (unpaired) electrons. The first-order chi connectivity index (χ1) is 10.2. The van der Waals surface area contributed by atoms with E-state index < -0.39 is 0 Å². The van der Waals surface area contributed by atoms with Crippen LogP contribution < -0.4 is 4.90 Å². The Balaban J connectivity index is 1.89. The van der Waals surface area contributed by atoms with Crippen LogP contribution in [0.1, 0.15) is 23.1 Å². The lowest BCUT2D eigenvalue weighted by atomic mass is 10.00. The Morgan fingerprint density at radius 2 is 1.76 bits per heavy atom. The maximum absolute atomic E-state index is 13.3. The van der Waals surface area contributed by atoms with Crippen LogP contribution in [-0.4, -0.2) is 11.0 Å². The largest absolute Gasteiger partial charge is 0.392 e. The van der Waals surface area contributed by atoms with Gasteiger partial charge in [-0.05, 0) is 41.3 Å². The number of fused-ring (bicyclic) bond motifs is 1. The van der Waals surface area contributed by atoms with E-state index in [1.54, 1.807) is 11.0 Å². The van der Waals surface area contributed by atoms with Gasteiger partial charge >= 0.3 is 0 Å². The summed E-state index contributed by atoms with van der Waals surface area (Å²) in [6, 6.07) is 12.0. The molecule has 0 aromatic heterocycles. The summed E-state index contributed by atoms with van der Waals surface area (Å²) in [5, 5.41) is 9.05. The summed E-state index contributed by atoms with van der Waals surface area (Å²) in [7, 11) is 0. The SMILES string of the molecule is O=C1CCc2cc(F)ccc2N1Cc1ccc(CO)cc1. The molecule has 2 aromatic rings. The van der Waals surface area contributed by atoms with E-state index in [0.29, 0.717) is 19.4 Å². The van der Waals surface area contributed by atoms with Crippen LogP contribution in [0.2, 0.25) is 0 Å². The van der Waals surface area contributed by atoms with E-state index in [1.165, 1.54) is 12.1 Å². The van der Waals surface area contributed by atoms with Gasteiger partial charge in [-0.15, -0.1) is 0 Å². The predicted octanol–water partition coefficient (Wildman–Crippen LogP) is 2.80. The van der Waals surface area contributed by atoms with Crippen molar-refractivity contribution in [2.75, 3.05) is 4.90 Å². The van der Waals surface area contributed by atoms with Crippen LogP contribution in [0.15, 0.2) is 42.5 Å². The molecule has 0 spiro atoms. The van der Waals surface area contributed by atoms with E-state index in [9.17, 15) is 9.18 Å². The number of aliphatic hydroxyl groups excluding tert-OH is 1. The fourth-order valence-electron chi connectivity index (χ4n) is 2.63. The number of benzene rings is 2. The molecule has 1 heterocycles. The summed E-state index contributed by atoms with van der Waals surface area (Å²) in [6.07, 6.45) is 0.997. The molecule has 0 aliphatic carbocycles. The first-order valence-electron chi connectivity index (χ1n) is 6.95. The molecular formula is C17H16FNO2. The molecule has 1 aliphatic heterocycles. The highest BCUT2D eigenvalue weighted by Crippen LogP contribution is 2.29. The molecule has 2 aromatic carbocycles. The second-order valence-corrected chi connectivity index (χ2v) is 5.23. The first kappa shape index (κ1) is 13.8. The van der Waals surface area contributed by atoms with E-state index in [0.717, 1.165) is 22.4 Å². The average molecular weight is 285 g/mol. The van der Waals surface area contributed by atoms with Crippen molar-refractivity contribution in [2.24, 2.45) is 0 Å². The van der Waals surface area contributed by atoms with Crippen LogP contribution in [-0.2, 0) is 24.4 Å². The zero-order valence-corrected chi connectivity index (χ0v) is 11.6. The van der Waals surface area contributed by atoms with E-state index in [1.807, 2.05) is 24.3 Å². The van der Waals surface area contributed by atoms with E-state index in [2.05, 4.69) is 0 Å². The summed E-state index contributed by atoms with van der Waals surface area (Å²) >= 11 is 0. The van der Waals surface area contributed by atoms with Gasteiger partial charge in [0, 0.05) is 12.1 Å². The fraction of sp³-hybridized carbons (Fsp3) is 0.235. The van der Waals surface area contributed by atoms with Gasteiger partial charge in [-0.25, -0.2) is 4.39 Å². The number of aliphatic hydroxyl groups is 1. The number of nitrogens with zero attached hydrogens (tertiary/aromatic N) is 1. The number of amides is 1. The van der Waals surface area contributed by atoms with Crippen molar-refractivity contribution in [2.45, 2.75) is 26.0 Å². The number of halogens is 1. The molecule has 0 saturated carbocycles.